The van der Waals surface area contributed by atoms with Crippen LogP contribution in [0.1, 0.15) is 25.0 Å². The highest BCUT2D eigenvalue weighted by Crippen LogP contribution is 2.14. The van der Waals surface area contributed by atoms with Crippen LogP contribution in [0.25, 0.3) is 12.2 Å². The number of benzene rings is 1. The molecule has 0 aliphatic carbocycles. The van der Waals surface area contributed by atoms with Crippen LogP contribution in [0.5, 0.6) is 0 Å². The fourth-order valence-electron chi connectivity index (χ4n) is 2.15. The maximum Gasteiger partial charge on any atom is 0.211 e. The summed E-state index contributed by atoms with van der Waals surface area (Å²) in [5.41, 5.74) is 6.93. The van der Waals surface area contributed by atoms with E-state index in [1.54, 1.807) is 0 Å². The van der Waals surface area contributed by atoms with Gasteiger partial charge in [0.15, 0.2) is 0 Å². The predicted octanol–water partition coefficient (Wildman–Crippen LogP) is 5.27. The van der Waals surface area contributed by atoms with E-state index in [0.717, 1.165) is 13.2 Å². The van der Waals surface area contributed by atoms with Crippen LogP contribution in [-0.4, -0.2) is 29.8 Å². The van der Waals surface area contributed by atoms with Gasteiger partial charge in [0, 0.05) is 13.2 Å². The minimum Gasteiger partial charge on any atom is -0.414 e. The second kappa shape index (κ2) is 8.62. The second-order valence-electron chi connectivity index (χ2n) is 6.41. The van der Waals surface area contributed by atoms with Gasteiger partial charge in [-0.2, -0.15) is 0 Å². The molecule has 0 bridgehead atoms. The van der Waals surface area contributed by atoms with E-state index in [2.05, 4.69) is 87.9 Å². The highest BCUT2D eigenvalue weighted by Gasteiger charge is 2.17. The Labute approximate surface area is 138 Å². The van der Waals surface area contributed by atoms with Gasteiger partial charge in [-0.25, -0.2) is 0 Å². The molecule has 0 spiro atoms. The number of rotatable bonds is 8. The molecule has 0 aliphatic rings. The van der Waals surface area contributed by atoms with Gasteiger partial charge in [0.25, 0.3) is 0 Å². The van der Waals surface area contributed by atoms with Crippen molar-refractivity contribution < 1.29 is 8.85 Å². The molecular weight excluding hydrogens is 304 g/mol. The average Bonchev–Trinajstić information content (AvgIpc) is 2.44. The third-order valence-electron chi connectivity index (χ3n) is 3.32. The lowest BCUT2D eigenvalue weighted by atomic mass is 10.1. The molecule has 0 heterocycles. The van der Waals surface area contributed by atoms with E-state index >= 15 is 0 Å². The van der Waals surface area contributed by atoms with Crippen molar-refractivity contribution in [2.75, 3.05) is 13.2 Å². The van der Waals surface area contributed by atoms with Crippen molar-refractivity contribution in [1.82, 2.24) is 0 Å². The minimum atomic E-state index is -1.65. The van der Waals surface area contributed by atoms with Gasteiger partial charge >= 0.3 is 0 Å². The standard InChI is InChI=1S/C18H30O2Si2/c1-7-19-21(3,4)15-13-17-9-11-18(12-10-17)14-16-22(5,6)20-8-2/h9-16H,7-8H2,1-6H3/b15-13+,16-14+. The molecule has 1 aromatic carbocycles. The van der Waals surface area contributed by atoms with E-state index in [9.17, 15) is 0 Å². The summed E-state index contributed by atoms with van der Waals surface area (Å²) in [5, 5.41) is 0. The average molecular weight is 335 g/mol. The van der Waals surface area contributed by atoms with Crippen LogP contribution >= 0.6 is 0 Å². The monoisotopic (exact) mass is 334 g/mol. The maximum atomic E-state index is 5.81. The fraction of sp³-hybridized carbons (Fsp3) is 0.444. The summed E-state index contributed by atoms with van der Waals surface area (Å²) in [6.45, 7) is 14.5. The van der Waals surface area contributed by atoms with E-state index in [1.165, 1.54) is 11.1 Å². The number of hydrogen-bond acceptors (Lipinski definition) is 2. The molecule has 0 atom stereocenters. The van der Waals surface area contributed by atoms with Crippen molar-refractivity contribution >= 4 is 28.8 Å². The van der Waals surface area contributed by atoms with Crippen molar-refractivity contribution in [2.45, 2.75) is 40.0 Å². The summed E-state index contributed by atoms with van der Waals surface area (Å²) in [5.74, 6) is 0. The molecule has 0 radical (unpaired) electrons. The van der Waals surface area contributed by atoms with Gasteiger partial charge in [0.2, 0.25) is 16.6 Å². The fourth-order valence-corrected chi connectivity index (χ4v) is 5.02. The molecule has 0 saturated heterocycles. The van der Waals surface area contributed by atoms with E-state index in [-0.39, 0.29) is 0 Å². The Morgan fingerprint density at radius 1 is 0.727 bits per heavy atom. The van der Waals surface area contributed by atoms with E-state index in [4.69, 9.17) is 8.85 Å². The molecule has 0 fully saturated rings. The smallest absolute Gasteiger partial charge is 0.211 e. The molecule has 1 aromatic rings. The molecule has 0 amide bonds. The summed E-state index contributed by atoms with van der Waals surface area (Å²) in [6, 6.07) is 8.62. The van der Waals surface area contributed by atoms with Crippen molar-refractivity contribution in [2.24, 2.45) is 0 Å². The molecule has 0 unspecified atom stereocenters. The van der Waals surface area contributed by atoms with Crippen LogP contribution in [0, 0.1) is 0 Å². The highest BCUT2D eigenvalue weighted by molar-refractivity contribution is 6.77. The first-order valence-electron chi connectivity index (χ1n) is 8.04. The van der Waals surface area contributed by atoms with Crippen LogP contribution in [0.4, 0.5) is 0 Å². The number of hydrogen-bond donors (Lipinski definition) is 0. The molecular formula is C18H30O2Si2. The zero-order valence-electron chi connectivity index (χ0n) is 14.8. The molecule has 2 nitrogen and oxygen atoms in total. The van der Waals surface area contributed by atoms with E-state index in [0.29, 0.717) is 0 Å². The Morgan fingerprint density at radius 3 is 1.32 bits per heavy atom. The summed E-state index contributed by atoms with van der Waals surface area (Å²) in [7, 11) is -3.31. The lowest BCUT2D eigenvalue weighted by Gasteiger charge is -2.17. The topological polar surface area (TPSA) is 18.5 Å². The summed E-state index contributed by atoms with van der Waals surface area (Å²) in [6.07, 6.45) is 4.35. The largest absolute Gasteiger partial charge is 0.414 e. The Balaban J connectivity index is 2.71. The zero-order valence-corrected chi connectivity index (χ0v) is 16.8. The van der Waals surface area contributed by atoms with Gasteiger partial charge < -0.3 is 8.85 Å². The molecule has 22 heavy (non-hydrogen) atoms. The minimum absolute atomic E-state index is 0.785. The molecule has 122 valence electrons. The third kappa shape index (κ3) is 7.36. The Hall–Kier alpha value is -0.946. The summed E-state index contributed by atoms with van der Waals surface area (Å²) in [4.78, 5) is 0. The van der Waals surface area contributed by atoms with Crippen molar-refractivity contribution in [3.8, 4) is 0 Å². The molecule has 1 rings (SSSR count). The summed E-state index contributed by atoms with van der Waals surface area (Å²) >= 11 is 0. The molecule has 0 saturated carbocycles. The Kier molecular flexibility index (Phi) is 7.49. The normalized spacial score (nSPS) is 13.4. The maximum absolute atomic E-state index is 5.81. The lowest BCUT2D eigenvalue weighted by molar-refractivity contribution is 0.338. The van der Waals surface area contributed by atoms with Crippen LogP contribution in [0.15, 0.2) is 35.7 Å². The molecule has 0 N–H and O–H groups in total. The van der Waals surface area contributed by atoms with E-state index in [1.807, 2.05) is 0 Å². The van der Waals surface area contributed by atoms with Gasteiger partial charge in [-0.05, 0) is 51.2 Å². The summed E-state index contributed by atoms with van der Waals surface area (Å²) < 4.78 is 11.6. The van der Waals surface area contributed by atoms with E-state index < -0.39 is 16.6 Å². The molecule has 4 heteroatoms. The molecule has 0 aliphatic heterocycles. The van der Waals surface area contributed by atoms with Gasteiger partial charge in [0.1, 0.15) is 0 Å². The lowest BCUT2D eigenvalue weighted by Crippen LogP contribution is -2.27. The third-order valence-corrected chi connectivity index (χ3v) is 7.33. The van der Waals surface area contributed by atoms with Crippen LogP contribution in [0.3, 0.4) is 0 Å². The second-order valence-corrected chi connectivity index (χ2v) is 14.1. The van der Waals surface area contributed by atoms with Crippen LogP contribution in [0.2, 0.25) is 26.2 Å². The molecule has 0 aromatic heterocycles. The van der Waals surface area contributed by atoms with Gasteiger partial charge in [0.05, 0.1) is 0 Å². The SMILES string of the molecule is CCO[Si](C)(C)/C=C/c1ccc(/C=C/[Si](C)(C)OCC)cc1. The van der Waals surface area contributed by atoms with Crippen molar-refractivity contribution in [1.29, 1.82) is 0 Å². The van der Waals surface area contributed by atoms with Crippen molar-refractivity contribution in [3.63, 3.8) is 0 Å². The first kappa shape index (κ1) is 19.1. The predicted molar refractivity (Wildman–Crippen MR) is 103 cm³/mol. The highest BCUT2D eigenvalue weighted by atomic mass is 28.4. The first-order valence-corrected chi connectivity index (χ1v) is 14.0. The van der Waals surface area contributed by atoms with Crippen molar-refractivity contribution in [3.05, 3.63) is 46.8 Å². The zero-order chi connectivity index (χ0) is 16.6. The van der Waals surface area contributed by atoms with Gasteiger partial charge in [-0.15, -0.1) is 0 Å². The van der Waals surface area contributed by atoms with Crippen LogP contribution in [-0.2, 0) is 8.85 Å². The first-order chi connectivity index (χ1) is 10.3. The Bertz CT molecular complexity index is 455. The van der Waals surface area contributed by atoms with Gasteiger partial charge in [-0.3, -0.25) is 0 Å². The quantitative estimate of drug-likeness (QED) is 0.603. The van der Waals surface area contributed by atoms with Crippen LogP contribution < -0.4 is 0 Å². The van der Waals surface area contributed by atoms with Gasteiger partial charge in [-0.1, -0.05) is 47.8 Å². The Morgan fingerprint density at radius 2 is 1.05 bits per heavy atom.